The molecule has 1 amide bonds. The minimum atomic E-state index is -1.24. The molecule has 0 fully saturated rings. The largest absolute Gasteiger partial charge is 0.544 e. The number of quaternary nitrogens is 1. The van der Waals surface area contributed by atoms with Gasteiger partial charge in [-0.2, -0.15) is 0 Å². The van der Waals surface area contributed by atoms with Crippen molar-refractivity contribution < 1.29 is 24.7 Å². The van der Waals surface area contributed by atoms with Crippen molar-refractivity contribution in [1.82, 2.24) is 4.98 Å². The highest BCUT2D eigenvalue weighted by Gasteiger charge is 2.18. The predicted octanol–water partition coefficient (Wildman–Crippen LogP) is -1.09. The maximum Gasteiger partial charge on any atom is 0.230 e. The van der Waals surface area contributed by atoms with Gasteiger partial charge in [0.1, 0.15) is 6.04 Å². The normalized spacial score (nSPS) is 12.1. The third-order valence-corrected chi connectivity index (χ3v) is 2.90. The Labute approximate surface area is 130 Å². The zero-order valence-electron chi connectivity index (χ0n) is 13.0. The maximum atomic E-state index is 11.8. The van der Waals surface area contributed by atoms with Crippen molar-refractivity contribution in [3.05, 3.63) is 24.5 Å². The molecule has 0 aliphatic rings. The van der Waals surface area contributed by atoms with E-state index in [0.717, 1.165) is 0 Å². The minimum Gasteiger partial charge on any atom is -0.544 e. The molecule has 0 aromatic carbocycles. The van der Waals surface area contributed by atoms with Crippen LogP contribution in [0.5, 0.6) is 0 Å². The Hall–Kier alpha value is -1.99. The number of anilines is 1. The fourth-order valence-corrected chi connectivity index (χ4v) is 1.83. The van der Waals surface area contributed by atoms with E-state index < -0.39 is 12.0 Å². The Balaban J connectivity index is 2.34. The van der Waals surface area contributed by atoms with Crippen molar-refractivity contribution in [2.75, 3.05) is 18.5 Å². The van der Waals surface area contributed by atoms with Crippen LogP contribution >= 0.6 is 0 Å². The average Bonchev–Trinajstić information content (AvgIpc) is 2.46. The number of aliphatic carboxylic acids is 1. The van der Waals surface area contributed by atoms with Gasteiger partial charge in [-0.1, -0.05) is 0 Å². The number of nitrogens with one attached hydrogen (secondary N) is 1. The van der Waals surface area contributed by atoms with E-state index >= 15 is 0 Å². The summed E-state index contributed by atoms with van der Waals surface area (Å²) in [6.45, 7) is 5.01. The summed E-state index contributed by atoms with van der Waals surface area (Å²) >= 11 is 0. The summed E-state index contributed by atoms with van der Waals surface area (Å²) in [5, 5.41) is 15.3. The monoisotopic (exact) mass is 309 g/mol. The Morgan fingerprint density at radius 3 is 2.82 bits per heavy atom. The number of hydrogen-bond donors (Lipinski definition) is 2. The Morgan fingerprint density at radius 1 is 1.45 bits per heavy atom. The molecule has 0 aliphatic carbocycles. The first kappa shape index (κ1) is 18.1. The van der Waals surface area contributed by atoms with Crippen LogP contribution in [0, 0.1) is 0 Å². The van der Waals surface area contributed by atoms with Crippen molar-refractivity contribution in [1.29, 1.82) is 0 Å². The van der Waals surface area contributed by atoms with Gasteiger partial charge >= 0.3 is 0 Å². The van der Waals surface area contributed by atoms with Gasteiger partial charge in [0, 0.05) is 12.6 Å². The van der Waals surface area contributed by atoms with Crippen molar-refractivity contribution in [3.8, 4) is 0 Å². The average molecular weight is 309 g/mol. The molecule has 7 heteroatoms. The summed E-state index contributed by atoms with van der Waals surface area (Å²) in [6, 6.07) is 2.47. The lowest BCUT2D eigenvalue weighted by molar-refractivity contribution is -0.682. The highest BCUT2D eigenvalue weighted by molar-refractivity contribution is 5.93. The number of carbonyl (C=O) groups excluding carboxylic acids is 2. The maximum absolute atomic E-state index is 11.8. The summed E-state index contributed by atoms with van der Waals surface area (Å²) in [7, 11) is 0. The van der Waals surface area contributed by atoms with Crippen LogP contribution in [-0.2, 0) is 14.3 Å². The molecule has 7 nitrogen and oxygen atoms in total. The van der Waals surface area contributed by atoms with E-state index in [0.29, 0.717) is 25.3 Å². The van der Waals surface area contributed by atoms with E-state index in [4.69, 9.17) is 4.74 Å². The molecule has 0 unspecified atom stereocenters. The van der Waals surface area contributed by atoms with E-state index in [9.17, 15) is 14.7 Å². The SMILES string of the molecule is CC(C)OCCC[NH2+][C@H](CC(=O)Nc1cccnc1)C(=O)[O-]. The van der Waals surface area contributed by atoms with Gasteiger partial charge < -0.3 is 25.3 Å². The van der Waals surface area contributed by atoms with Crippen molar-refractivity contribution >= 4 is 17.6 Å². The van der Waals surface area contributed by atoms with Gasteiger partial charge in [-0.25, -0.2) is 0 Å². The predicted molar refractivity (Wildman–Crippen MR) is 78.8 cm³/mol. The summed E-state index contributed by atoms with van der Waals surface area (Å²) in [5.74, 6) is -1.62. The number of carboxylic acid groups (broad SMARTS) is 1. The number of rotatable bonds is 10. The van der Waals surface area contributed by atoms with Gasteiger partial charge in [0.15, 0.2) is 0 Å². The van der Waals surface area contributed by atoms with Gasteiger partial charge in [0.25, 0.3) is 0 Å². The molecule has 1 aromatic heterocycles. The van der Waals surface area contributed by atoms with Crippen LogP contribution in [0.1, 0.15) is 26.7 Å². The van der Waals surface area contributed by atoms with Crippen LogP contribution in [-0.4, -0.2) is 42.2 Å². The first-order chi connectivity index (χ1) is 10.5. The number of nitrogens with zero attached hydrogens (tertiary/aromatic N) is 1. The summed E-state index contributed by atoms with van der Waals surface area (Å²) in [5.41, 5.74) is 0.537. The molecule has 0 saturated heterocycles. The van der Waals surface area contributed by atoms with Gasteiger partial charge in [0.05, 0.1) is 43.5 Å². The number of hydrogen-bond acceptors (Lipinski definition) is 5. The van der Waals surface area contributed by atoms with E-state index in [1.54, 1.807) is 23.6 Å². The lowest BCUT2D eigenvalue weighted by Gasteiger charge is -2.16. The molecule has 1 rings (SSSR count). The van der Waals surface area contributed by atoms with Gasteiger partial charge in [-0.3, -0.25) is 9.78 Å². The first-order valence-corrected chi connectivity index (χ1v) is 7.34. The number of aromatic nitrogens is 1. The molecule has 3 N–H and O–H groups in total. The zero-order chi connectivity index (χ0) is 16.4. The third-order valence-electron chi connectivity index (χ3n) is 2.90. The second-order valence-corrected chi connectivity index (χ2v) is 5.22. The smallest absolute Gasteiger partial charge is 0.230 e. The Morgan fingerprint density at radius 2 is 2.23 bits per heavy atom. The molecular formula is C15H23N3O4. The lowest BCUT2D eigenvalue weighted by atomic mass is 10.2. The molecule has 1 atom stereocenters. The van der Waals surface area contributed by atoms with E-state index in [-0.39, 0.29) is 18.4 Å². The standard InChI is InChI=1S/C15H23N3O4/c1-11(2)22-8-4-7-17-13(15(20)21)9-14(19)18-12-5-3-6-16-10-12/h3,5-6,10-11,13,17H,4,7-9H2,1-2H3,(H,18,19)(H,20,21)/t13-/m1/s1. The first-order valence-electron chi connectivity index (χ1n) is 7.34. The van der Waals surface area contributed by atoms with Crippen LogP contribution in [0.15, 0.2) is 24.5 Å². The molecule has 122 valence electrons. The van der Waals surface area contributed by atoms with Crippen LogP contribution < -0.4 is 15.7 Å². The third kappa shape index (κ3) is 7.70. The quantitative estimate of drug-likeness (QED) is 0.534. The zero-order valence-corrected chi connectivity index (χ0v) is 13.0. The molecule has 22 heavy (non-hydrogen) atoms. The highest BCUT2D eigenvalue weighted by Crippen LogP contribution is 2.03. The van der Waals surface area contributed by atoms with Crippen LogP contribution in [0.3, 0.4) is 0 Å². The van der Waals surface area contributed by atoms with E-state index in [1.165, 1.54) is 6.20 Å². The molecule has 1 aromatic rings. The van der Waals surface area contributed by atoms with E-state index in [2.05, 4.69) is 10.3 Å². The molecule has 0 radical (unpaired) electrons. The molecule has 0 aliphatic heterocycles. The molecule has 0 bridgehead atoms. The Bertz CT molecular complexity index is 465. The number of nitrogens with two attached hydrogens (primary N) is 1. The fraction of sp³-hybridized carbons (Fsp3) is 0.533. The Kier molecular flexibility index (Phi) is 8.09. The molecule has 1 heterocycles. The van der Waals surface area contributed by atoms with Crippen LogP contribution in [0.25, 0.3) is 0 Å². The van der Waals surface area contributed by atoms with Crippen molar-refractivity contribution in [3.63, 3.8) is 0 Å². The fourth-order valence-electron chi connectivity index (χ4n) is 1.83. The number of amides is 1. The van der Waals surface area contributed by atoms with Crippen molar-refractivity contribution in [2.24, 2.45) is 0 Å². The minimum absolute atomic E-state index is 0.151. The summed E-state index contributed by atoms with van der Waals surface area (Å²) in [6.07, 6.45) is 3.81. The topological polar surface area (TPSA) is 108 Å². The van der Waals surface area contributed by atoms with E-state index in [1.807, 2.05) is 13.8 Å². The molecular weight excluding hydrogens is 286 g/mol. The van der Waals surface area contributed by atoms with Crippen LogP contribution in [0.2, 0.25) is 0 Å². The van der Waals surface area contributed by atoms with Crippen molar-refractivity contribution in [2.45, 2.75) is 38.8 Å². The van der Waals surface area contributed by atoms with Gasteiger partial charge in [0.2, 0.25) is 5.91 Å². The molecule has 0 spiro atoms. The van der Waals surface area contributed by atoms with Gasteiger partial charge in [-0.05, 0) is 26.0 Å². The summed E-state index contributed by atoms with van der Waals surface area (Å²) in [4.78, 5) is 26.8. The number of carbonyl (C=O) groups is 2. The second-order valence-electron chi connectivity index (χ2n) is 5.22. The molecule has 0 saturated carbocycles. The number of carboxylic acids is 1. The van der Waals surface area contributed by atoms with Gasteiger partial charge in [-0.15, -0.1) is 0 Å². The number of pyridine rings is 1. The lowest BCUT2D eigenvalue weighted by Crippen LogP contribution is -2.93. The highest BCUT2D eigenvalue weighted by atomic mass is 16.5. The number of ether oxygens (including phenoxy) is 1. The van der Waals surface area contributed by atoms with Crippen LogP contribution in [0.4, 0.5) is 5.69 Å². The summed E-state index contributed by atoms with van der Waals surface area (Å²) < 4.78 is 5.37. The second kappa shape index (κ2) is 9.86.